The van der Waals surface area contributed by atoms with Gasteiger partial charge in [0.15, 0.2) is 0 Å². The van der Waals surface area contributed by atoms with Crippen molar-refractivity contribution in [3.05, 3.63) is 98.9 Å². The Bertz CT molecular complexity index is 1530. The number of amides is 4. The summed E-state index contributed by atoms with van der Waals surface area (Å²) in [4.78, 5) is 57.0. The Labute approximate surface area is 237 Å². The van der Waals surface area contributed by atoms with E-state index in [0.717, 1.165) is 34.6 Å². The molecule has 206 valence electrons. The van der Waals surface area contributed by atoms with Gasteiger partial charge in [-0.15, -0.1) is 0 Å². The molecule has 3 aromatic rings. The summed E-state index contributed by atoms with van der Waals surface area (Å²) in [6.45, 7) is 4.07. The van der Waals surface area contributed by atoms with Gasteiger partial charge in [0.1, 0.15) is 5.41 Å². The van der Waals surface area contributed by atoms with E-state index in [1.165, 1.54) is 0 Å². The molecule has 0 saturated carbocycles. The summed E-state index contributed by atoms with van der Waals surface area (Å²) in [7, 11) is 0. The zero-order valence-corrected chi connectivity index (χ0v) is 23.1. The minimum Gasteiger partial charge on any atom is -0.312 e. The number of aryl methyl sites for hydroxylation is 1. The number of anilines is 1. The van der Waals surface area contributed by atoms with Crippen LogP contribution in [0.5, 0.6) is 0 Å². The predicted molar refractivity (Wildman–Crippen MR) is 152 cm³/mol. The van der Waals surface area contributed by atoms with Crippen molar-refractivity contribution < 1.29 is 14.4 Å². The Morgan fingerprint density at radius 3 is 2.35 bits per heavy atom. The van der Waals surface area contributed by atoms with E-state index in [2.05, 4.69) is 10.2 Å². The van der Waals surface area contributed by atoms with Crippen molar-refractivity contribution in [2.45, 2.75) is 38.6 Å². The van der Waals surface area contributed by atoms with Gasteiger partial charge >= 0.3 is 6.03 Å². The Hall–Kier alpha value is -3.75. The molecule has 8 nitrogen and oxygen atoms in total. The quantitative estimate of drug-likeness (QED) is 0.462. The molecule has 4 amide bonds. The van der Waals surface area contributed by atoms with Crippen LogP contribution in [-0.2, 0) is 29.0 Å². The highest BCUT2D eigenvalue weighted by molar-refractivity contribution is 6.31. The second-order valence-corrected chi connectivity index (χ2v) is 11.6. The average molecular weight is 559 g/mol. The van der Waals surface area contributed by atoms with Crippen molar-refractivity contribution in [2.24, 2.45) is 11.3 Å². The van der Waals surface area contributed by atoms with Crippen LogP contribution in [0, 0.1) is 11.3 Å². The molecule has 0 unspecified atom stereocenters. The molecule has 3 aliphatic rings. The first-order valence-corrected chi connectivity index (χ1v) is 14.1. The maximum absolute atomic E-state index is 14.4. The fraction of sp³-hybridized carbons (Fsp3) is 0.355. The average Bonchev–Trinajstić information content (AvgIpc) is 2.94. The molecule has 2 aromatic carbocycles. The number of imide groups is 2. The van der Waals surface area contributed by atoms with Crippen LogP contribution >= 0.6 is 11.6 Å². The number of fused-ring (bicyclic) bond motifs is 4. The Morgan fingerprint density at radius 1 is 0.900 bits per heavy atom. The van der Waals surface area contributed by atoms with Crippen molar-refractivity contribution >= 4 is 35.1 Å². The van der Waals surface area contributed by atoms with Crippen molar-refractivity contribution in [2.75, 3.05) is 24.5 Å². The lowest BCUT2D eigenvalue weighted by Crippen LogP contribution is -2.68. The largest absolute Gasteiger partial charge is 0.335 e. The van der Waals surface area contributed by atoms with E-state index in [4.69, 9.17) is 11.6 Å². The lowest BCUT2D eigenvalue weighted by atomic mass is 9.75. The highest BCUT2D eigenvalue weighted by Gasteiger charge is 2.55. The second kappa shape index (κ2) is 10.3. The number of carbonyl (C=O) groups excluding carboxylic acids is 3. The van der Waals surface area contributed by atoms with Gasteiger partial charge in [0.05, 0.1) is 5.69 Å². The van der Waals surface area contributed by atoms with Gasteiger partial charge in [-0.05, 0) is 66.6 Å². The summed E-state index contributed by atoms with van der Waals surface area (Å²) >= 11 is 6.12. The number of nitrogens with zero attached hydrogens (tertiary/aromatic N) is 3. The molecule has 1 aromatic heterocycles. The third-order valence-corrected chi connectivity index (χ3v) is 8.79. The van der Waals surface area contributed by atoms with E-state index in [-0.39, 0.29) is 30.4 Å². The van der Waals surface area contributed by atoms with Gasteiger partial charge < -0.3 is 9.47 Å². The Morgan fingerprint density at radius 2 is 1.62 bits per heavy atom. The third kappa shape index (κ3) is 4.65. The van der Waals surface area contributed by atoms with E-state index < -0.39 is 23.3 Å². The first-order valence-electron chi connectivity index (χ1n) is 13.7. The highest BCUT2D eigenvalue weighted by Crippen LogP contribution is 2.39. The summed E-state index contributed by atoms with van der Waals surface area (Å²) in [6, 6.07) is 19.0. The number of halogens is 1. The van der Waals surface area contributed by atoms with Gasteiger partial charge in [0.2, 0.25) is 5.91 Å². The van der Waals surface area contributed by atoms with Gasteiger partial charge in [0.25, 0.3) is 11.5 Å². The molecule has 0 radical (unpaired) electrons. The minimum atomic E-state index is -1.53. The SMILES string of the molecule is CCc1ccc(N2C(=O)NC(=O)[C@](Cc3ccc(Cl)cc3)(CN3C[C@@H]4C[C@H](C3)c3cccc(=O)n3C4)C2=O)cc1. The number of likely N-dealkylation sites (tertiary alicyclic amines) is 1. The van der Waals surface area contributed by atoms with Crippen molar-refractivity contribution in [3.63, 3.8) is 0 Å². The number of nitrogens with one attached hydrogen (secondary N) is 1. The van der Waals surface area contributed by atoms with Crippen LogP contribution < -0.4 is 15.8 Å². The van der Waals surface area contributed by atoms with E-state index in [1.54, 1.807) is 36.4 Å². The number of benzene rings is 2. The molecule has 2 bridgehead atoms. The number of aromatic nitrogens is 1. The van der Waals surface area contributed by atoms with Crippen molar-refractivity contribution in [1.82, 2.24) is 14.8 Å². The van der Waals surface area contributed by atoms with E-state index in [1.807, 2.05) is 41.8 Å². The topological polar surface area (TPSA) is 91.7 Å². The molecule has 3 atom stereocenters. The van der Waals surface area contributed by atoms with Crippen molar-refractivity contribution in [1.29, 1.82) is 0 Å². The molecule has 0 spiro atoms. The van der Waals surface area contributed by atoms with Crippen LogP contribution in [0.4, 0.5) is 10.5 Å². The molecule has 6 rings (SSSR count). The van der Waals surface area contributed by atoms with Crippen LogP contribution in [0.2, 0.25) is 5.02 Å². The maximum atomic E-state index is 14.4. The fourth-order valence-corrected chi connectivity index (χ4v) is 6.73. The predicted octanol–water partition coefficient (Wildman–Crippen LogP) is 4.00. The maximum Gasteiger partial charge on any atom is 0.335 e. The fourth-order valence-electron chi connectivity index (χ4n) is 6.60. The van der Waals surface area contributed by atoms with Crippen LogP contribution in [0.25, 0.3) is 0 Å². The molecular formula is C31H31ClN4O4. The zero-order valence-electron chi connectivity index (χ0n) is 22.3. The van der Waals surface area contributed by atoms with E-state index >= 15 is 0 Å². The summed E-state index contributed by atoms with van der Waals surface area (Å²) in [5.74, 6) is -0.783. The summed E-state index contributed by atoms with van der Waals surface area (Å²) in [5, 5.41) is 3.06. The van der Waals surface area contributed by atoms with E-state index in [9.17, 15) is 19.2 Å². The Kier molecular flexibility index (Phi) is 6.84. The molecule has 4 heterocycles. The van der Waals surface area contributed by atoms with Crippen molar-refractivity contribution in [3.8, 4) is 0 Å². The number of carbonyl (C=O) groups is 3. The number of piperidine rings is 1. The van der Waals surface area contributed by atoms with E-state index in [0.29, 0.717) is 30.3 Å². The van der Waals surface area contributed by atoms with Crippen LogP contribution in [0.3, 0.4) is 0 Å². The standard InChI is InChI=1S/C31H31ClN4O4/c1-2-20-8-12-25(13-9-20)36-29(39)31(28(38)33-30(36)40,15-21-6-10-24(32)11-7-21)19-34-16-22-14-23(18-34)26-4-3-5-27(37)35(26)17-22/h3-13,22-23H,2,14-19H2,1H3,(H,33,38,40)/t22-,23+,31-/m0/s1. The first kappa shape index (κ1) is 26.5. The monoisotopic (exact) mass is 558 g/mol. The van der Waals surface area contributed by atoms with Crippen LogP contribution in [-0.4, -0.2) is 46.9 Å². The zero-order chi connectivity index (χ0) is 28.0. The second-order valence-electron chi connectivity index (χ2n) is 11.2. The molecule has 2 saturated heterocycles. The molecule has 2 fully saturated rings. The number of barbiturate groups is 1. The number of hydrogen-bond acceptors (Lipinski definition) is 5. The smallest absolute Gasteiger partial charge is 0.312 e. The van der Waals surface area contributed by atoms with Gasteiger partial charge in [-0.1, -0.05) is 48.9 Å². The van der Waals surface area contributed by atoms with Crippen LogP contribution in [0.15, 0.2) is 71.5 Å². The normalized spacial score (nSPS) is 24.6. The molecular weight excluding hydrogens is 528 g/mol. The lowest BCUT2D eigenvalue weighted by molar-refractivity contribution is -0.144. The number of rotatable bonds is 6. The lowest BCUT2D eigenvalue weighted by Gasteiger charge is -2.47. The van der Waals surface area contributed by atoms with Gasteiger partial charge in [-0.3, -0.25) is 19.7 Å². The van der Waals surface area contributed by atoms with Crippen LogP contribution in [0.1, 0.15) is 36.1 Å². The number of urea groups is 1. The van der Waals surface area contributed by atoms with Gasteiger partial charge in [0, 0.05) is 48.9 Å². The molecule has 9 heteroatoms. The number of hydrogen-bond donors (Lipinski definition) is 1. The summed E-state index contributed by atoms with van der Waals surface area (Å²) in [6.07, 6.45) is 1.90. The Balaban J connectivity index is 1.37. The van der Waals surface area contributed by atoms with Gasteiger partial charge in [-0.25, -0.2) is 9.69 Å². The highest BCUT2D eigenvalue weighted by atomic mass is 35.5. The molecule has 3 aliphatic heterocycles. The minimum absolute atomic E-state index is 0.00457. The molecule has 40 heavy (non-hydrogen) atoms. The molecule has 1 N–H and O–H groups in total. The summed E-state index contributed by atoms with van der Waals surface area (Å²) < 4.78 is 1.86. The molecule has 0 aliphatic carbocycles. The number of pyridine rings is 1. The summed E-state index contributed by atoms with van der Waals surface area (Å²) in [5.41, 5.74) is 1.75. The first-order chi connectivity index (χ1) is 19.3. The third-order valence-electron chi connectivity index (χ3n) is 8.54. The van der Waals surface area contributed by atoms with Gasteiger partial charge in [-0.2, -0.15) is 0 Å².